The molecule has 114 valence electrons. The van der Waals surface area contributed by atoms with Crippen LogP contribution in [0.3, 0.4) is 0 Å². The molecule has 0 amide bonds. The Morgan fingerprint density at radius 1 is 1.18 bits per heavy atom. The minimum atomic E-state index is 0.224. The van der Waals surface area contributed by atoms with Crippen LogP contribution >= 0.6 is 11.8 Å². The SMILES string of the molecule is CSC(=C(C#N)C#N)N1CCC(N(C)c2ccccc2)CC1. The van der Waals surface area contributed by atoms with Gasteiger partial charge in [-0.15, -0.1) is 11.8 Å². The van der Waals surface area contributed by atoms with Crippen LogP contribution in [0.5, 0.6) is 0 Å². The lowest BCUT2D eigenvalue weighted by molar-refractivity contribution is 0.274. The van der Waals surface area contributed by atoms with E-state index in [1.54, 1.807) is 0 Å². The van der Waals surface area contributed by atoms with Gasteiger partial charge in [0, 0.05) is 31.9 Å². The summed E-state index contributed by atoms with van der Waals surface area (Å²) in [6.07, 6.45) is 3.98. The fraction of sp³-hybridized carbons (Fsp3) is 0.412. The highest BCUT2D eigenvalue weighted by molar-refractivity contribution is 8.02. The Morgan fingerprint density at radius 2 is 1.77 bits per heavy atom. The maximum atomic E-state index is 9.07. The number of nitriles is 2. The highest BCUT2D eigenvalue weighted by atomic mass is 32.2. The summed E-state index contributed by atoms with van der Waals surface area (Å²) in [5.74, 6) is 0. The Bertz CT molecular complexity index is 588. The molecule has 0 spiro atoms. The van der Waals surface area contributed by atoms with Crippen LogP contribution in [0.25, 0.3) is 0 Å². The van der Waals surface area contributed by atoms with Crippen LogP contribution < -0.4 is 4.90 Å². The molecule has 1 heterocycles. The molecular formula is C17H20N4S. The van der Waals surface area contributed by atoms with Crippen LogP contribution in [0.1, 0.15) is 12.8 Å². The van der Waals surface area contributed by atoms with E-state index in [-0.39, 0.29) is 5.57 Å². The third kappa shape index (κ3) is 3.55. The second kappa shape index (κ2) is 7.77. The molecule has 1 aliphatic heterocycles. The van der Waals surface area contributed by atoms with Gasteiger partial charge in [0.25, 0.3) is 0 Å². The van der Waals surface area contributed by atoms with Gasteiger partial charge >= 0.3 is 0 Å². The molecular weight excluding hydrogens is 292 g/mol. The van der Waals surface area contributed by atoms with Crippen molar-refractivity contribution in [3.05, 3.63) is 40.9 Å². The highest BCUT2D eigenvalue weighted by Crippen LogP contribution is 2.28. The van der Waals surface area contributed by atoms with E-state index >= 15 is 0 Å². The molecule has 0 bridgehead atoms. The number of allylic oxidation sites excluding steroid dienone is 1. The van der Waals surface area contributed by atoms with E-state index < -0.39 is 0 Å². The van der Waals surface area contributed by atoms with E-state index in [1.165, 1.54) is 17.4 Å². The first-order valence-corrected chi connectivity index (χ1v) is 8.55. The molecule has 0 aromatic heterocycles. The molecule has 1 saturated heterocycles. The van der Waals surface area contributed by atoms with Crippen molar-refractivity contribution in [1.29, 1.82) is 10.5 Å². The number of thioether (sulfide) groups is 1. The number of likely N-dealkylation sites (tertiary alicyclic amines) is 1. The summed E-state index contributed by atoms with van der Waals surface area (Å²) in [5.41, 5.74) is 1.46. The maximum absolute atomic E-state index is 9.07. The van der Waals surface area contributed by atoms with Crippen LogP contribution in [0, 0.1) is 22.7 Å². The molecule has 4 nitrogen and oxygen atoms in total. The van der Waals surface area contributed by atoms with E-state index in [2.05, 4.69) is 41.1 Å². The van der Waals surface area contributed by atoms with Gasteiger partial charge in [0.2, 0.25) is 0 Å². The van der Waals surface area contributed by atoms with Crippen LogP contribution in [-0.4, -0.2) is 37.3 Å². The average Bonchev–Trinajstić information content (AvgIpc) is 2.60. The molecule has 2 rings (SSSR count). The Kier molecular flexibility index (Phi) is 5.75. The minimum absolute atomic E-state index is 0.224. The summed E-state index contributed by atoms with van der Waals surface area (Å²) in [7, 11) is 2.14. The molecule has 0 aliphatic carbocycles. The standard InChI is InChI=1S/C17H20N4S/c1-20(15-6-4-3-5-7-15)16-8-10-21(11-9-16)17(22-2)14(12-18)13-19/h3-7,16H,8-11H2,1-2H3. The van der Waals surface area contributed by atoms with Crippen LogP contribution in [-0.2, 0) is 0 Å². The molecule has 22 heavy (non-hydrogen) atoms. The number of benzene rings is 1. The Labute approximate surface area is 136 Å². The molecule has 1 fully saturated rings. The summed E-state index contributed by atoms with van der Waals surface area (Å²) < 4.78 is 0. The summed E-state index contributed by atoms with van der Waals surface area (Å²) in [5, 5.41) is 18.9. The van der Waals surface area contributed by atoms with Crippen molar-refractivity contribution < 1.29 is 0 Å². The first-order chi connectivity index (χ1) is 10.7. The zero-order chi connectivity index (χ0) is 15.9. The van der Waals surface area contributed by atoms with Crippen molar-refractivity contribution in [2.24, 2.45) is 0 Å². The zero-order valence-electron chi connectivity index (χ0n) is 13.0. The Hall–Kier alpha value is -2.11. The minimum Gasteiger partial charge on any atom is -0.371 e. The number of hydrogen-bond acceptors (Lipinski definition) is 5. The number of para-hydroxylation sites is 1. The lowest BCUT2D eigenvalue weighted by Gasteiger charge is -2.39. The number of hydrogen-bond donors (Lipinski definition) is 0. The summed E-state index contributed by atoms with van der Waals surface area (Å²) in [4.78, 5) is 4.50. The first kappa shape index (κ1) is 16.3. The third-order valence-electron chi connectivity index (χ3n) is 4.09. The van der Waals surface area contributed by atoms with Gasteiger partial charge in [-0.3, -0.25) is 0 Å². The molecule has 0 radical (unpaired) electrons. The van der Waals surface area contributed by atoms with Crippen molar-refractivity contribution in [3.63, 3.8) is 0 Å². The van der Waals surface area contributed by atoms with Crippen molar-refractivity contribution in [3.8, 4) is 12.1 Å². The van der Waals surface area contributed by atoms with Crippen LogP contribution in [0.2, 0.25) is 0 Å². The van der Waals surface area contributed by atoms with Gasteiger partial charge in [-0.25, -0.2) is 0 Å². The smallest absolute Gasteiger partial charge is 0.159 e. The van der Waals surface area contributed by atoms with Gasteiger partial charge in [0.1, 0.15) is 12.1 Å². The van der Waals surface area contributed by atoms with Crippen molar-refractivity contribution in [1.82, 2.24) is 4.90 Å². The quantitative estimate of drug-likeness (QED) is 0.799. The number of nitrogens with zero attached hydrogens (tertiary/aromatic N) is 4. The molecule has 0 N–H and O–H groups in total. The normalized spacial score (nSPS) is 14.8. The van der Waals surface area contributed by atoms with Gasteiger partial charge in [0.05, 0.1) is 5.03 Å². The van der Waals surface area contributed by atoms with E-state index in [9.17, 15) is 0 Å². The lowest BCUT2D eigenvalue weighted by Crippen LogP contribution is -2.43. The summed E-state index contributed by atoms with van der Waals surface area (Å²) in [6.45, 7) is 1.76. The Balaban J connectivity index is 2.03. The number of anilines is 1. The van der Waals surface area contributed by atoms with Crippen molar-refractivity contribution >= 4 is 17.4 Å². The molecule has 0 atom stereocenters. The summed E-state index contributed by atoms with van der Waals surface area (Å²) >= 11 is 1.49. The third-order valence-corrected chi connectivity index (χ3v) is 4.94. The monoisotopic (exact) mass is 312 g/mol. The Morgan fingerprint density at radius 3 is 2.27 bits per heavy atom. The van der Waals surface area contributed by atoms with Crippen molar-refractivity contribution in [2.75, 3.05) is 31.3 Å². The van der Waals surface area contributed by atoms with Gasteiger partial charge in [0.15, 0.2) is 5.57 Å². The maximum Gasteiger partial charge on any atom is 0.159 e. The molecule has 0 unspecified atom stereocenters. The van der Waals surface area contributed by atoms with E-state index in [4.69, 9.17) is 10.5 Å². The highest BCUT2D eigenvalue weighted by Gasteiger charge is 2.25. The molecule has 1 aliphatic rings. The second-order valence-electron chi connectivity index (χ2n) is 5.27. The number of piperidine rings is 1. The van der Waals surface area contributed by atoms with Gasteiger partial charge in [-0.05, 0) is 31.2 Å². The molecule has 1 aromatic carbocycles. The van der Waals surface area contributed by atoms with Crippen LogP contribution in [0.4, 0.5) is 5.69 Å². The number of rotatable bonds is 4. The van der Waals surface area contributed by atoms with Gasteiger partial charge in [-0.1, -0.05) is 18.2 Å². The fourth-order valence-corrected chi connectivity index (χ4v) is 3.58. The summed E-state index contributed by atoms with van der Waals surface area (Å²) in [6, 6.07) is 14.9. The van der Waals surface area contributed by atoms with Crippen LogP contribution in [0.15, 0.2) is 40.9 Å². The molecule has 5 heteroatoms. The fourth-order valence-electron chi connectivity index (χ4n) is 2.84. The molecule has 1 aromatic rings. The lowest BCUT2D eigenvalue weighted by atomic mass is 10.0. The van der Waals surface area contributed by atoms with Crippen molar-refractivity contribution in [2.45, 2.75) is 18.9 Å². The zero-order valence-corrected chi connectivity index (χ0v) is 13.8. The van der Waals surface area contributed by atoms with Gasteiger partial charge < -0.3 is 9.80 Å². The largest absolute Gasteiger partial charge is 0.371 e. The first-order valence-electron chi connectivity index (χ1n) is 7.32. The van der Waals surface area contributed by atoms with Gasteiger partial charge in [-0.2, -0.15) is 10.5 Å². The molecule has 0 saturated carbocycles. The predicted octanol–water partition coefficient (Wildman–Crippen LogP) is 3.21. The van der Waals surface area contributed by atoms with E-state index in [0.717, 1.165) is 31.0 Å². The second-order valence-corrected chi connectivity index (χ2v) is 6.07. The van der Waals surface area contributed by atoms with E-state index in [1.807, 2.05) is 24.5 Å². The predicted molar refractivity (Wildman–Crippen MR) is 91.2 cm³/mol. The topological polar surface area (TPSA) is 54.1 Å². The average molecular weight is 312 g/mol. The van der Waals surface area contributed by atoms with E-state index in [0.29, 0.717) is 6.04 Å².